The van der Waals surface area contributed by atoms with Crippen molar-refractivity contribution in [2.45, 2.75) is 4.90 Å². The molecule has 108 valence electrons. The summed E-state index contributed by atoms with van der Waals surface area (Å²) in [6, 6.07) is 12.6. The minimum Gasteiger partial charge on any atom is -0.369 e. The largest absolute Gasteiger partial charge is 0.369 e. The lowest BCUT2D eigenvalue weighted by molar-refractivity contribution is 0.602. The van der Waals surface area contributed by atoms with Crippen LogP contribution in [0.4, 0.5) is 5.95 Å². The summed E-state index contributed by atoms with van der Waals surface area (Å²) < 4.78 is 26.4. The van der Waals surface area contributed by atoms with Gasteiger partial charge in [0.1, 0.15) is 5.52 Å². The molecule has 0 unspecified atom stereocenters. The van der Waals surface area contributed by atoms with Crippen LogP contribution in [0.25, 0.3) is 16.7 Å². The van der Waals surface area contributed by atoms with Crippen LogP contribution in [0, 0.1) is 0 Å². The summed E-state index contributed by atoms with van der Waals surface area (Å²) in [5, 5.41) is 0. The fourth-order valence-corrected chi connectivity index (χ4v) is 3.34. The van der Waals surface area contributed by atoms with Gasteiger partial charge in [0.25, 0.3) is 0 Å². The van der Waals surface area contributed by atoms with Gasteiger partial charge >= 0.3 is 0 Å². The molecule has 21 heavy (non-hydrogen) atoms. The predicted octanol–water partition coefficient (Wildman–Crippen LogP) is 2.77. The average molecular weight is 366 g/mol. The van der Waals surface area contributed by atoms with Gasteiger partial charge in [-0.15, -0.1) is 0 Å². The number of sulfone groups is 1. The van der Waals surface area contributed by atoms with Crippen LogP contribution in [-0.2, 0) is 9.84 Å². The number of benzene rings is 2. The van der Waals surface area contributed by atoms with Gasteiger partial charge < -0.3 is 5.73 Å². The van der Waals surface area contributed by atoms with E-state index >= 15 is 0 Å². The minimum atomic E-state index is -3.36. The first-order chi connectivity index (χ1) is 9.88. The van der Waals surface area contributed by atoms with Gasteiger partial charge in [0.2, 0.25) is 5.95 Å². The molecule has 0 aliphatic rings. The van der Waals surface area contributed by atoms with Crippen LogP contribution in [0.3, 0.4) is 0 Å². The summed E-state index contributed by atoms with van der Waals surface area (Å²) in [4.78, 5) is 4.41. The molecular formula is C14H12BrN3O2S. The van der Waals surface area contributed by atoms with Gasteiger partial charge in [-0.2, -0.15) is 0 Å². The number of rotatable bonds is 2. The summed E-state index contributed by atoms with van der Waals surface area (Å²) >= 11 is 3.38. The lowest BCUT2D eigenvalue weighted by atomic mass is 10.3. The molecule has 2 aromatic carbocycles. The average Bonchev–Trinajstić information content (AvgIpc) is 2.74. The molecule has 0 radical (unpaired) electrons. The number of nitrogens with zero attached hydrogens (tertiary/aromatic N) is 2. The SMILES string of the molecule is CS(=O)(=O)c1cccc2c1nc(N)n2-c1ccc(Br)cc1. The Morgan fingerprint density at radius 1 is 1.14 bits per heavy atom. The quantitative estimate of drug-likeness (QED) is 0.757. The van der Waals surface area contributed by atoms with Crippen LogP contribution in [-0.4, -0.2) is 24.2 Å². The molecule has 0 saturated heterocycles. The minimum absolute atomic E-state index is 0.183. The highest BCUT2D eigenvalue weighted by Gasteiger charge is 2.18. The number of nitrogen functional groups attached to an aromatic ring is 1. The molecule has 0 saturated carbocycles. The maximum atomic E-state index is 11.9. The van der Waals surface area contributed by atoms with Crippen molar-refractivity contribution in [3.05, 3.63) is 46.9 Å². The van der Waals surface area contributed by atoms with E-state index in [1.165, 1.54) is 6.07 Å². The Hall–Kier alpha value is -1.86. The van der Waals surface area contributed by atoms with Crippen LogP contribution < -0.4 is 5.73 Å². The fraction of sp³-hybridized carbons (Fsp3) is 0.0714. The summed E-state index contributed by atoms with van der Waals surface area (Å²) in [7, 11) is -3.36. The molecule has 0 amide bonds. The third-order valence-electron chi connectivity index (χ3n) is 3.16. The number of para-hydroxylation sites is 1. The summed E-state index contributed by atoms with van der Waals surface area (Å²) in [6.45, 7) is 0. The summed E-state index contributed by atoms with van der Waals surface area (Å²) in [5.41, 5.74) is 7.86. The second-order valence-electron chi connectivity index (χ2n) is 4.68. The molecule has 0 spiro atoms. The first kappa shape index (κ1) is 14.1. The van der Waals surface area contributed by atoms with E-state index in [4.69, 9.17) is 5.73 Å². The second kappa shape index (κ2) is 4.85. The van der Waals surface area contributed by atoms with Gasteiger partial charge in [-0.1, -0.05) is 22.0 Å². The molecule has 5 nitrogen and oxygen atoms in total. The number of anilines is 1. The van der Waals surface area contributed by atoms with E-state index in [0.29, 0.717) is 11.0 Å². The summed E-state index contributed by atoms with van der Waals surface area (Å²) in [5.74, 6) is 0.253. The van der Waals surface area contributed by atoms with Crippen molar-refractivity contribution in [1.82, 2.24) is 9.55 Å². The normalized spacial score (nSPS) is 11.9. The van der Waals surface area contributed by atoms with E-state index in [9.17, 15) is 8.42 Å². The van der Waals surface area contributed by atoms with E-state index in [0.717, 1.165) is 16.4 Å². The number of imidazole rings is 1. The maximum absolute atomic E-state index is 11.9. The van der Waals surface area contributed by atoms with Gasteiger partial charge in [0.05, 0.1) is 10.4 Å². The van der Waals surface area contributed by atoms with Crippen molar-refractivity contribution in [1.29, 1.82) is 0 Å². The predicted molar refractivity (Wildman–Crippen MR) is 86.3 cm³/mol. The lowest BCUT2D eigenvalue weighted by Crippen LogP contribution is -2.00. The summed E-state index contributed by atoms with van der Waals surface area (Å²) in [6.07, 6.45) is 1.16. The molecule has 1 heterocycles. The monoisotopic (exact) mass is 365 g/mol. The molecule has 1 aromatic heterocycles. The molecular weight excluding hydrogens is 354 g/mol. The molecule has 0 aliphatic carbocycles. The van der Waals surface area contributed by atoms with Crippen LogP contribution >= 0.6 is 15.9 Å². The highest BCUT2D eigenvalue weighted by Crippen LogP contribution is 2.28. The Morgan fingerprint density at radius 3 is 2.43 bits per heavy atom. The Bertz CT molecular complexity index is 931. The molecule has 0 fully saturated rings. The van der Waals surface area contributed by atoms with Crippen molar-refractivity contribution in [3.63, 3.8) is 0 Å². The number of hydrogen-bond acceptors (Lipinski definition) is 4. The van der Waals surface area contributed by atoms with Gasteiger partial charge in [-0.25, -0.2) is 13.4 Å². The van der Waals surface area contributed by atoms with Gasteiger partial charge in [-0.05, 0) is 36.4 Å². The number of halogens is 1. The van der Waals surface area contributed by atoms with E-state index in [-0.39, 0.29) is 10.8 Å². The number of nitrogens with two attached hydrogens (primary N) is 1. The number of fused-ring (bicyclic) bond motifs is 1. The molecule has 0 bridgehead atoms. The van der Waals surface area contributed by atoms with Crippen LogP contribution in [0.15, 0.2) is 51.8 Å². The first-order valence-electron chi connectivity index (χ1n) is 6.11. The molecule has 7 heteroatoms. The molecule has 2 N–H and O–H groups in total. The van der Waals surface area contributed by atoms with Crippen LogP contribution in [0.5, 0.6) is 0 Å². The highest BCUT2D eigenvalue weighted by molar-refractivity contribution is 9.10. The highest BCUT2D eigenvalue weighted by atomic mass is 79.9. The number of aromatic nitrogens is 2. The van der Waals surface area contributed by atoms with Gasteiger partial charge in [0.15, 0.2) is 9.84 Å². The molecule has 0 aliphatic heterocycles. The van der Waals surface area contributed by atoms with Crippen molar-refractivity contribution >= 4 is 42.7 Å². The number of hydrogen-bond donors (Lipinski definition) is 1. The van der Waals surface area contributed by atoms with E-state index in [2.05, 4.69) is 20.9 Å². The zero-order valence-electron chi connectivity index (χ0n) is 11.1. The third-order valence-corrected chi connectivity index (χ3v) is 4.82. The Labute approximate surface area is 130 Å². The molecule has 0 atom stereocenters. The van der Waals surface area contributed by atoms with Crippen molar-refractivity contribution in [2.24, 2.45) is 0 Å². The second-order valence-corrected chi connectivity index (χ2v) is 7.58. The first-order valence-corrected chi connectivity index (χ1v) is 8.79. The Morgan fingerprint density at radius 2 is 1.81 bits per heavy atom. The van der Waals surface area contributed by atoms with E-state index in [1.54, 1.807) is 16.7 Å². The molecule has 3 rings (SSSR count). The standard InChI is InChI=1S/C14H12BrN3O2S/c1-21(19,20)12-4-2-3-11-13(12)17-14(16)18(11)10-7-5-9(15)6-8-10/h2-8H,1H3,(H2,16,17). The van der Waals surface area contributed by atoms with Gasteiger partial charge in [-0.3, -0.25) is 4.57 Å². The topological polar surface area (TPSA) is 78.0 Å². The molecule has 3 aromatic rings. The van der Waals surface area contributed by atoms with E-state index in [1.807, 2.05) is 24.3 Å². The maximum Gasteiger partial charge on any atom is 0.205 e. The van der Waals surface area contributed by atoms with Crippen molar-refractivity contribution in [2.75, 3.05) is 12.0 Å². The fourth-order valence-electron chi connectivity index (χ4n) is 2.25. The van der Waals surface area contributed by atoms with E-state index < -0.39 is 9.84 Å². The Balaban J connectivity index is 2.35. The van der Waals surface area contributed by atoms with Crippen LogP contribution in [0.1, 0.15) is 0 Å². The third kappa shape index (κ3) is 2.43. The zero-order chi connectivity index (χ0) is 15.2. The van der Waals surface area contributed by atoms with Crippen molar-refractivity contribution < 1.29 is 8.42 Å². The smallest absolute Gasteiger partial charge is 0.205 e. The lowest BCUT2D eigenvalue weighted by Gasteiger charge is -2.07. The Kier molecular flexibility index (Phi) is 3.26. The van der Waals surface area contributed by atoms with Crippen LogP contribution in [0.2, 0.25) is 0 Å². The zero-order valence-corrected chi connectivity index (χ0v) is 13.5. The van der Waals surface area contributed by atoms with Gasteiger partial charge in [0, 0.05) is 16.4 Å². The van der Waals surface area contributed by atoms with Crippen molar-refractivity contribution in [3.8, 4) is 5.69 Å².